The average molecular weight is 224 g/mol. The van der Waals surface area contributed by atoms with Crippen LogP contribution in [-0.4, -0.2) is 17.0 Å². The molecule has 4 heteroatoms. The van der Waals surface area contributed by atoms with Crippen molar-refractivity contribution in [3.05, 3.63) is 54.1 Å². The second kappa shape index (κ2) is 5.08. The van der Waals surface area contributed by atoms with Gasteiger partial charge in [-0.15, -0.1) is 0 Å². The molecule has 0 radical (unpaired) electrons. The van der Waals surface area contributed by atoms with Gasteiger partial charge in [0.15, 0.2) is 0 Å². The van der Waals surface area contributed by atoms with Crippen molar-refractivity contribution in [1.82, 2.24) is 9.97 Å². The van der Waals surface area contributed by atoms with Crippen LogP contribution in [0.25, 0.3) is 0 Å². The number of pyridine rings is 2. The van der Waals surface area contributed by atoms with E-state index in [1.54, 1.807) is 24.7 Å². The molecule has 4 nitrogen and oxygen atoms in total. The molecule has 0 spiro atoms. The molecule has 0 aliphatic carbocycles. The lowest BCUT2D eigenvalue weighted by Crippen LogP contribution is -2.18. The molecule has 17 heavy (non-hydrogen) atoms. The van der Waals surface area contributed by atoms with Gasteiger partial charge in [-0.25, -0.2) is 0 Å². The molecule has 0 aliphatic rings. The van der Waals surface area contributed by atoms with E-state index in [0.29, 0.717) is 12.1 Å². The lowest BCUT2D eigenvalue weighted by atomic mass is 10.2. The van der Waals surface area contributed by atoms with E-state index in [1.165, 1.54) is 0 Å². The van der Waals surface area contributed by atoms with Crippen LogP contribution in [0.3, 0.4) is 0 Å². The molecule has 0 bridgehead atoms. The number of anilines is 1. The van der Waals surface area contributed by atoms with Crippen molar-refractivity contribution in [3.8, 4) is 6.07 Å². The fourth-order valence-electron chi connectivity index (χ4n) is 1.60. The Kier molecular flexibility index (Phi) is 3.31. The maximum Gasteiger partial charge on any atom is 0.101 e. The van der Waals surface area contributed by atoms with Crippen molar-refractivity contribution in [3.63, 3.8) is 0 Å². The lowest BCUT2D eigenvalue weighted by molar-refractivity contribution is 0.879. The van der Waals surface area contributed by atoms with Crippen molar-refractivity contribution in [2.75, 3.05) is 11.9 Å². The molecule has 2 aromatic rings. The summed E-state index contributed by atoms with van der Waals surface area (Å²) in [6.07, 6.45) is 5.08. The molecule has 2 aromatic heterocycles. The van der Waals surface area contributed by atoms with Gasteiger partial charge < -0.3 is 4.90 Å². The van der Waals surface area contributed by atoms with E-state index in [9.17, 15) is 0 Å². The number of rotatable bonds is 3. The van der Waals surface area contributed by atoms with E-state index in [2.05, 4.69) is 16.0 Å². The highest BCUT2D eigenvalue weighted by Crippen LogP contribution is 2.18. The highest BCUT2D eigenvalue weighted by molar-refractivity contribution is 5.57. The van der Waals surface area contributed by atoms with Crippen LogP contribution < -0.4 is 4.90 Å². The van der Waals surface area contributed by atoms with Gasteiger partial charge in [-0.2, -0.15) is 5.26 Å². The third kappa shape index (κ3) is 2.58. The predicted octanol–water partition coefficient (Wildman–Crippen LogP) is 1.98. The maximum absolute atomic E-state index is 9.01. The number of aromatic nitrogens is 2. The van der Waals surface area contributed by atoms with Crippen LogP contribution in [-0.2, 0) is 6.54 Å². The van der Waals surface area contributed by atoms with E-state index in [1.807, 2.05) is 30.1 Å². The quantitative estimate of drug-likeness (QED) is 0.800. The van der Waals surface area contributed by atoms with Crippen molar-refractivity contribution in [1.29, 1.82) is 5.26 Å². The summed E-state index contributed by atoms with van der Waals surface area (Å²) >= 11 is 0. The summed E-state index contributed by atoms with van der Waals surface area (Å²) in [4.78, 5) is 10.3. The molecular formula is C13H12N4. The Labute approximate surface area is 100 Å². The summed E-state index contributed by atoms with van der Waals surface area (Å²) in [6, 6.07) is 9.66. The fourth-order valence-corrected chi connectivity index (χ4v) is 1.60. The highest BCUT2D eigenvalue weighted by atomic mass is 15.1. The molecule has 0 aromatic carbocycles. The van der Waals surface area contributed by atoms with Gasteiger partial charge in [0.1, 0.15) is 6.07 Å². The van der Waals surface area contributed by atoms with E-state index < -0.39 is 0 Å². The summed E-state index contributed by atoms with van der Waals surface area (Å²) in [5.41, 5.74) is 2.40. The minimum absolute atomic E-state index is 0.624. The molecular weight excluding hydrogens is 212 g/mol. The molecule has 0 amide bonds. The zero-order chi connectivity index (χ0) is 12.1. The topological polar surface area (TPSA) is 52.8 Å². The first-order valence-electron chi connectivity index (χ1n) is 5.26. The average Bonchev–Trinajstić information content (AvgIpc) is 2.40. The molecule has 0 saturated carbocycles. The molecule has 0 N–H and O–H groups in total. The van der Waals surface area contributed by atoms with Crippen LogP contribution in [0.2, 0.25) is 0 Å². The van der Waals surface area contributed by atoms with E-state index in [-0.39, 0.29) is 0 Å². The van der Waals surface area contributed by atoms with Crippen molar-refractivity contribution in [2.45, 2.75) is 6.54 Å². The summed E-state index contributed by atoms with van der Waals surface area (Å²) in [5, 5.41) is 9.01. The van der Waals surface area contributed by atoms with E-state index in [0.717, 1.165) is 11.4 Å². The second-order valence-electron chi connectivity index (χ2n) is 3.68. The van der Waals surface area contributed by atoms with Crippen LogP contribution in [0.15, 0.2) is 42.9 Å². The van der Waals surface area contributed by atoms with Crippen LogP contribution in [0.5, 0.6) is 0 Å². The molecule has 84 valence electrons. The molecule has 0 saturated heterocycles. The van der Waals surface area contributed by atoms with Gasteiger partial charge in [0.25, 0.3) is 0 Å². The van der Waals surface area contributed by atoms with Gasteiger partial charge in [0.05, 0.1) is 29.7 Å². The highest BCUT2D eigenvalue weighted by Gasteiger charge is 2.07. The Morgan fingerprint density at radius 1 is 1.29 bits per heavy atom. The standard InChI is InChI=1S/C13H12N4/c1-17(10-12-4-2-3-6-16-12)13-9-15-7-5-11(13)8-14/h2-7,9H,10H2,1H3. The number of nitriles is 1. The van der Waals surface area contributed by atoms with Gasteiger partial charge in [-0.05, 0) is 18.2 Å². The van der Waals surface area contributed by atoms with Crippen molar-refractivity contribution in [2.24, 2.45) is 0 Å². The Hall–Kier alpha value is -2.41. The fraction of sp³-hybridized carbons (Fsp3) is 0.154. The van der Waals surface area contributed by atoms with Crippen LogP contribution in [0.1, 0.15) is 11.3 Å². The molecule has 2 rings (SSSR count). The largest absolute Gasteiger partial charge is 0.366 e. The SMILES string of the molecule is CN(Cc1ccccn1)c1cnccc1C#N. The van der Waals surface area contributed by atoms with Crippen LogP contribution in [0, 0.1) is 11.3 Å². The van der Waals surface area contributed by atoms with Crippen LogP contribution >= 0.6 is 0 Å². The predicted molar refractivity (Wildman–Crippen MR) is 65.3 cm³/mol. The molecule has 2 heterocycles. The Morgan fingerprint density at radius 3 is 2.88 bits per heavy atom. The lowest BCUT2D eigenvalue weighted by Gasteiger charge is -2.19. The van der Waals surface area contributed by atoms with Gasteiger partial charge >= 0.3 is 0 Å². The first-order valence-corrected chi connectivity index (χ1v) is 5.26. The third-order valence-corrected chi connectivity index (χ3v) is 2.46. The molecule has 0 atom stereocenters. The molecule has 0 aliphatic heterocycles. The Bertz CT molecular complexity index is 531. The van der Waals surface area contributed by atoms with Gasteiger partial charge in [0, 0.05) is 19.4 Å². The minimum Gasteiger partial charge on any atom is -0.366 e. The monoisotopic (exact) mass is 224 g/mol. The number of nitrogens with zero attached hydrogens (tertiary/aromatic N) is 4. The zero-order valence-electron chi connectivity index (χ0n) is 9.54. The van der Waals surface area contributed by atoms with Crippen molar-refractivity contribution >= 4 is 5.69 Å². The first-order chi connectivity index (χ1) is 8.31. The van der Waals surface area contributed by atoms with Gasteiger partial charge in [0.2, 0.25) is 0 Å². The van der Waals surface area contributed by atoms with Crippen molar-refractivity contribution < 1.29 is 0 Å². The smallest absolute Gasteiger partial charge is 0.101 e. The minimum atomic E-state index is 0.624. The normalized spacial score (nSPS) is 9.65. The molecule has 0 unspecified atom stereocenters. The summed E-state index contributed by atoms with van der Waals surface area (Å²) in [6.45, 7) is 0.654. The van der Waals surface area contributed by atoms with E-state index in [4.69, 9.17) is 5.26 Å². The van der Waals surface area contributed by atoms with Gasteiger partial charge in [-0.1, -0.05) is 6.07 Å². The second-order valence-corrected chi connectivity index (χ2v) is 3.68. The third-order valence-electron chi connectivity index (χ3n) is 2.46. The van der Waals surface area contributed by atoms with Crippen LogP contribution in [0.4, 0.5) is 5.69 Å². The molecule has 0 fully saturated rings. The first kappa shape index (κ1) is 11.1. The zero-order valence-corrected chi connectivity index (χ0v) is 9.54. The van der Waals surface area contributed by atoms with Gasteiger partial charge in [-0.3, -0.25) is 9.97 Å². The number of hydrogen-bond acceptors (Lipinski definition) is 4. The Morgan fingerprint density at radius 2 is 2.18 bits per heavy atom. The maximum atomic E-state index is 9.01. The summed E-state index contributed by atoms with van der Waals surface area (Å²) < 4.78 is 0. The summed E-state index contributed by atoms with van der Waals surface area (Å²) in [7, 11) is 1.92. The summed E-state index contributed by atoms with van der Waals surface area (Å²) in [5.74, 6) is 0. The van der Waals surface area contributed by atoms with E-state index >= 15 is 0 Å². The Balaban J connectivity index is 2.21. The number of hydrogen-bond donors (Lipinski definition) is 0.